The number of hydrogen-bond acceptors (Lipinski definition) is 22. The lowest BCUT2D eigenvalue weighted by Crippen LogP contribution is -2.51. The maximum absolute atomic E-state index is 12.7. The first kappa shape index (κ1) is 103. The minimum Gasteiger partial charge on any atom is -0.497 e. The van der Waals surface area contributed by atoms with Crippen LogP contribution in [-0.4, -0.2) is 175 Å². The molecule has 3 fully saturated rings. The summed E-state index contributed by atoms with van der Waals surface area (Å²) in [5.74, 6) is 3.80. The fourth-order valence-corrected chi connectivity index (χ4v) is 18.2. The number of carboxylic acid groups (broad SMARTS) is 1. The van der Waals surface area contributed by atoms with Gasteiger partial charge in [0.05, 0.1) is 66.9 Å². The number of esters is 1. The zero-order valence-electron chi connectivity index (χ0n) is 77.3. The van der Waals surface area contributed by atoms with E-state index in [1.54, 1.807) is 167 Å². The number of ether oxygens (including phenoxy) is 8. The Hall–Kier alpha value is -13.7. The Kier molecular flexibility index (Phi) is 37.3. The number of halogens is 7. The van der Waals surface area contributed by atoms with E-state index in [2.05, 4.69) is 76.9 Å². The van der Waals surface area contributed by atoms with E-state index in [1.165, 1.54) is 87.2 Å². The Labute approximate surface area is 818 Å². The number of amides is 1. The molecule has 1 unspecified atom stereocenters. The first-order chi connectivity index (χ1) is 66.7. The molecule has 1 amide bonds. The summed E-state index contributed by atoms with van der Waals surface area (Å²) in [4.78, 5) is 93.3. The van der Waals surface area contributed by atoms with E-state index in [9.17, 15) is 41.9 Å². The van der Waals surface area contributed by atoms with Crippen LogP contribution >= 0.6 is 46.4 Å². The number of nitrogens with zero attached hydrogens (tertiary/aromatic N) is 7. The van der Waals surface area contributed by atoms with Gasteiger partial charge in [-0.25, -0.2) is 24.5 Å². The van der Waals surface area contributed by atoms with Gasteiger partial charge in [-0.3, -0.25) is 34.1 Å². The predicted octanol–water partition coefficient (Wildman–Crippen LogP) is 22.2. The number of benzene rings is 7. The average Bonchev–Trinajstić information content (AvgIpc) is 1.63. The van der Waals surface area contributed by atoms with E-state index in [0.717, 1.165) is 96.4 Å². The lowest BCUT2D eigenvalue weighted by Gasteiger charge is -2.38. The zero-order valence-corrected chi connectivity index (χ0v) is 80.4. The summed E-state index contributed by atoms with van der Waals surface area (Å²) < 4.78 is 79.3. The number of pyridine rings is 6. The van der Waals surface area contributed by atoms with E-state index >= 15 is 0 Å². The molecule has 13 aromatic rings. The number of hydrogen-bond donors (Lipinski definition) is 3. The summed E-state index contributed by atoms with van der Waals surface area (Å²) in [5.41, 5.74) is 16.6. The van der Waals surface area contributed by atoms with E-state index in [0.29, 0.717) is 91.8 Å². The van der Waals surface area contributed by atoms with Crippen molar-refractivity contribution >= 4 is 81.1 Å². The molecule has 0 radical (unpaired) electrons. The van der Waals surface area contributed by atoms with Crippen molar-refractivity contribution in [3.63, 3.8) is 0 Å². The molecule has 716 valence electrons. The second-order valence-electron chi connectivity index (χ2n) is 32.2. The van der Waals surface area contributed by atoms with Crippen LogP contribution in [0, 0.1) is 0 Å². The number of methoxy groups -OCH3 is 8. The lowest BCUT2D eigenvalue weighted by molar-refractivity contribution is -0.189. The average molecular weight is 1950 g/mol. The minimum absolute atomic E-state index is 0.00625. The van der Waals surface area contributed by atoms with Crippen LogP contribution < -0.4 is 43.8 Å². The summed E-state index contributed by atoms with van der Waals surface area (Å²) in [5, 5.41) is 17.0. The van der Waals surface area contributed by atoms with Gasteiger partial charge in [-0.2, -0.15) is 13.2 Å². The molecular formula is C107H104Cl4F3N9O15. The van der Waals surface area contributed by atoms with Crippen molar-refractivity contribution in [1.82, 2.24) is 45.4 Å². The van der Waals surface area contributed by atoms with Gasteiger partial charge in [0.1, 0.15) is 62.5 Å². The lowest BCUT2D eigenvalue weighted by atomic mass is 9.88. The van der Waals surface area contributed by atoms with Gasteiger partial charge in [0.15, 0.2) is 17.2 Å². The summed E-state index contributed by atoms with van der Waals surface area (Å²) in [6, 6.07) is 68.3. The third-order valence-electron chi connectivity index (χ3n) is 24.2. The molecule has 24 nitrogen and oxygen atoms in total. The van der Waals surface area contributed by atoms with Gasteiger partial charge < -0.3 is 58.5 Å². The van der Waals surface area contributed by atoms with E-state index < -0.39 is 29.3 Å². The molecule has 9 heterocycles. The normalized spacial score (nSPS) is 16.3. The van der Waals surface area contributed by atoms with Gasteiger partial charge in [-0.1, -0.05) is 121 Å². The standard InChI is InChI=1S/C15H16F3NO2.C14H13NO3.C13H10ClNO2.C13H11NO3.C13H9NO2.2C13H17NO.C8H8ClNO.C5H3Cl2N/c1-21-10-5-4-9-7-13-11(12(9)8-10)3-2-6-19(13)14(20)15(16,17)18;1-17-11-6-3-5-10(9-11)12-7-4-8-15-13(12)14(16)18-2;1-17-10-5-2-4-9(8-10)11-6-3-7-15-12(11)13(14)16;1-17-10-5-2-4-9(8-10)11-6-3-7-14-12(11)13(15)16;1-16-8-4-5-10-11(7-8)9-3-2-6-14-12(9)13(10)15;2*1-15-10-5-4-9-7-13-11(12(9)8-10)3-2-6-14-13;1-2-7(11)8-6(9)4-3-5-10-8;6-4-2-1-3-8-5(4)7/h4-5,8,11,13H,2-3,6-7H2,1H3;3-9H,1-2H3;2-8H,1H3;2-8H,1H3,(H,15,16);2-7H,1H3;2*4-5,8,11,13-14H,2-3,6-7H2,1H3;3-5H,2H2,1H3;1-3H/t11-,13+;;;;;11?,13-;11-,13+;;/m1....01../s1. The number of nitrogens with one attached hydrogen (secondary N) is 2. The molecule has 3 N–H and O–H groups in total. The topological polar surface area (TPSA) is 301 Å². The van der Waals surface area contributed by atoms with Crippen molar-refractivity contribution in [3.8, 4) is 84.8 Å². The number of ketones is 2. The maximum atomic E-state index is 12.7. The molecule has 7 aliphatic rings. The number of rotatable bonds is 15. The number of carbonyl (C=O) groups excluding carboxylic acids is 5. The Morgan fingerprint density at radius 2 is 0.819 bits per heavy atom. The SMILES string of the molecule is CCC(=O)c1ncccc1Cl.COC(=O)c1ncccc1-c1cccc(OC)c1.COc1ccc2c(c1)-c1cccnc1C2=O.COc1ccc2c(c1)C1CCCN[C@H]1C2.COc1ccc2c(c1)[C@H]1CCCN(C(=O)C(F)(F)F)[C@H]1C2.COc1ccc2c(c1)[C@H]1CCCN[C@H]1C2.COc1cccc(-c2cccnc2C(=O)Cl)c1.COc1cccc(-c2cccnc2C(=O)O)c1.Clc1cccnc1Cl. The van der Waals surface area contributed by atoms with Crippen molar-refractivity contribution in [3.05, 3.63) is 338 Å². The molecule has 138 heavy (non-hydrogen) atoms. The number of aromatic carboxylic acids is 1. The number of aromatic nitrogens is 6. The number of carbonyl (C=O) groups is 6. The highest BCUT2D eigenvalue weighted by atomic mass is 35.5. The van der Waals surface area contributed by atoms with Gasteiger partial charge in [0, 0.05) is 102 Å². The number of alkyl halides is 3. The molecule has 7 aromatic carbocycles. The second-order valence-corrected chi connectivity index (χ2v) is 33.7. The Morgan fingerprint density at radius 3 is 1.26 bits per heavy atom. The third kappa shape index (κ3) is 26.2. The molecule has 0 saturated carbocycles. The van der Waals surface area contributed by atoms with Crippen LogP contribution in [-0.2, 0) is 28.8 Å². The molecule has 0 bridgehead atoms. The fraction of sp³-hybridized carbons (Fsp3) is 0.271. The van der Waals surface area contributed by atoms with Gasteiger partial charge in [0.25, 0.3) is 5.24 Å². The van der Waals surface area contributed by atoms with Crippen LogP contribution in [0.25, 0.3) is 44.5 Å². The maximum Gasteiger partial charge on any atom is 0.471 e. The Bertz CT molecular complexity index is 6240. The van der Waals surface area contributed by atoms with Gasteiger partial charge >= 0.3 is 24.0 Å². The second kappa shape index (κ2) is 49.9. The summed E-state index contributed by atoms with van der Waals surface area (Å²) in [6.07, 6.45) is 14.6. The molecule has 4 aliphatic carbocycles. The molecule has 6 atom stereocenters. The Balaban J connectivity index is 0.000000140. The largest absolute Gasteiger partial charge is 0.497 e. The van der Waals surface area contributed by atoms with Crippen LogP contribution in [0.1, 0.15) is 161 Å². The van der Waals surface area contributed by atoms with Gasteiger partial charge in [-0.15, -0.1) is 0 Å². The number of carboxylic acids is 1. The number of piperidine rings is 3. The smallest absolute Gasteiger partial charge is 0.471 e. The van der Waals surface area contributed by atoms with Gasteiger partial charge in [0.2, 0.25) is 5.78 Å². The Morgan fingerprint density at radius 1 is 0.420 bits per heavy atom. The zero-order chi connectivity index (χ0) is 98.5. The molecular weight excluding hydrogens is 1850 g/mol. The first-order valence-corrected chi connectivity index (χ1v) is 46.0. The van der Waals surface area contributed by atoms with E-state index in [1.807, 2.05) is 103 Å². The van der Waals surface area contributed by atoms with Crippen LogP contribution in [0.15, 0.2) is 256 Å². The van der Waals surface area contributed by atoms with Crippen molar-refractivity contribution in [2.45, 2.75) is 113 Å². The minimum atomic E-state index is -4.80. The molecule has 31 heteroatoms. The van der Waals surface area contributed by atoms with E-state index in [4.69, 9.17) is 89.4 Å². The highest BCUT2D eigenvalue weighted by molar-refractivity contribution is 6.68. The summed E-state index contributed by atoms with van der Waals surface area (Å²) in [6.45, 7) is 4.34. The monoisotopic (exact) mass is 1950 g/mol. The fourth-order valence-electron chi connectivity index (χ4n) is 17.6. The highest BCUT2D eigenvalue weighted by Crippen LogP contribution is 2.47. The third-order valence-corrected chi connectivity index (χ3v) is 25.4. The number of likely N-dealkylation sites (tertiary alicyclic amines) is 1. The van der Waals surface area contributed by atoms with Crippen LogP contribution in [0.3, 0.4) is 0 Å². The molecule has 20 rings (SSSR count). The van der Waals surface area contributed by atoms with Crippen molar-refractivity contribution in [2.75, 3.05) is 76.5 Å². The summed E-state index contributed by atoms with van der Waals surface area (Å²) in [7, 11) is 12.8. The van der Waals surface area contributed by atoms with Crippen LogP contribution in [0.2, 0.25) is 15.2 Å². The summed E-state index contributed by atoms with van der Waals surface area (Å²) >= 11 is 22.2. The van der Waals surface area contributed by atoms with Crippen molar-refractivity contribution in [2.24, 2.45) is 0 Å². The molecule has 6 aromatic heterocycles. The predicted molar refractivity (Wildman–Crippen MR) is 526 cm³/mol. The van der Waals surface area contributed by atoms with Crippen LogP contribution in [0.4, 0.5) is 13.2 Å². The first-order valence-electron chi connectivity index (χ1n) is 44.5. The van der Waals surface area contributed by atoms with E-state index in [-0.39, 0.29) is 41.5 Å². The molecule has 3 aliphatic heterocycles. The molecule has 3 saturated heterocycles. The van der Waals surface area contributed by atoms with Gasteiger partial charge in [-0.05, 0) is 289 Å². The molecule has 0 spiro atoms. The quantitative estimate of drug-likeness (QED) is 0.0372. The number of Topliss-reactive ketones (excluding diaryl/α,β-unsaturated/α-hetero) is 1. The number of fused-ring (bicyclic) bond motifs is 12. The van der Waals surface area contributed by atoms with Crippen molar-refractivity contribution in [1.29, 1.82) is 0 Å². The van der Waals surface area contributed by atoms with Crippen molar-refractivity contribution < 1.29 is 84.9 Å². The van der Waals surface area contributed by atoms with Crippen LogP contribution in [0.5, 0.6) is 40.2 Å². The highest BCUT2D eigenvalue weighted by Gasteiger charge is 2.50.